The highest BCUT2D eigenvalue weighted by molar-refractivity contribution is 6.08. The molecule has 1 fully saturated rings. The summed E-state index contributed by atoms with van der Waals surface area (Å²) < 4.78 is 5.28. The molecule has 1 saturated heterocycles. The number of carbonyl (C=O) groups excluding carboxylic acids is 4. The van der Waals surface area contributed by atoms with Crippen LogP contribution in [0.15, 0.2) is 30.4 Å². The second kappa shape index (κ2) is 8.19. The maximum atomic E-state index is 12.6. The number of rotatable bonds is 5. The minimum Gasteiger partial charge on any atom is -0.451 e. The van der Waals surface area contributed by atoms with E-state index >= 15 is 0 Å². The summed E-state index contributed by atoms with van der Waals surface area (Å²) in [6.07, 6.45) is 3.71. The Kier molecular flexibility index (Phi) is 5.86. The Morgan fingerprint density at radius 1 is 1.03 bits per heavy atom. The summed E-state index contributed by atoms with van der Waals surface area (Å²) in [6, 6.07) is 4.57. The number of benzene rings is 1. The van der Waals surface area contributed by atoms with Crippen LogP contribution in [0.1, 0.15) is 37.8 Å². The molecule has 0 spiro atoms. The van der Waals surface area contributed by atoms with Gasteiger partial charge in [0.1, 0.15) is 6.04 Å². The molecule has 29 heavy (non-hydrogen) atoms. The van der Waals surface area contributed by atoms with Gasteiger partial charge in [-0.1, -0.05) is 30.4 Å². The van der Waals surface area contributed by atoms with Gasteiger partial charge in [0, 0.05) is 5.69 Å². The Balaban J connectivity index is 1.64. The highest BCUT2D eigenvalue weighted by Crippen LogP contribution is 2.36. The number of aryl methyl sites for hydroxylation is 2. The van der Waals surface area contributed by atoms with Gasteiger partial charge in [0.15, 0.2) is 6.10 Å². The normalized spacial score (nSPS) is 22.8. The van der Waals surface area contributed by atoms with Crippen molar-refractivity contribution in [3.8, 4) is 0 Å². The molecule has 0 aromatic heterocycles. The zero-order valence-electron chi connectivity index (χ0n) is 17.1. The quantitative estimate of drug-likeness (QED) is 0.467. The van der Waals surface area contributed by atoms with Crippen LogP contribution in [-0.2, 0) is 23.9 Å². The Bertz CT molecular complexity index is 845. The largest absolute Gasteiger partial charge is 0.451 e. The van der Waals surface area contributed by atoms with Crippen molar-refractivity contribution in [3.05, 3.63) is 41.5 Å². The van der Waals surface area contributed by atoms with Crippen LogP contribution < -0.4 is 5.32 Å². The van der Waals surface area contributed by atoms with Crippen LogP contribution in [0.4, 0.5) is 5.69 Å². The van der Waals surface area contributed by atoms with E-state index < -0.39 is 35.9 Å². The number of hydrogen-bond acceptors (Lipinski definition) is 5. The van der Waals surface area contributed by atoms with E-state index in [4.69, 9.17) is 4.74 Å². The molecule has 7 nitrogen and oxygen atoms in total. The second-order valence-corrected chi connectivity index (χ2v) is 7.71. The van der Waals surface area contributed by atoms with Crippen molar-refractivity contribution in [2.45, 2.75) is 52.7 Å². The van der Waals surface area contributed by atoms with Crippen molar-refractivity contribution in [3.63, 3.8) is 0 Å². The number of para-hydroxylation sites is 1. The van der Waals surface area contributed by atoms with Gasteiger partial charge >= 0.3 is 5.97 Å². The van der Waals surface area contributed by atoms with E-state index in [9.17, 15) is 19.2 Å². The van der Waals surface area contributed by atoms with Gasteiger partial charge in [0.2, 0.25) is 11.8 Å². The summed E-state index contributed by atoms with van der Waals surface area (Å²) in [7, 11) is 0. The minimum absolute atomic E-state index is 0.346. The second-order valence-electron chi connectivity index (χ2n) is 7.71. The van der Waals surface area contributed by atoms with E-state index in [-0.39, 0.29) is 11.8 Å². The minimum atomic E-state index is -1.07. The molecule has 0 bridgehead atoms. The third kappa shape index (κ3) is 3.95. The van der Waals surface area contributed by atoms with Crippen molar-refractivity contribution < 1.29 is 23.9 Å². The molecule has 1 aromatic rings. The van der Waals surface area contributed by atoms with E-state index in [2.05, 4.69) is 5.32 Å². The summed E-state index contributed by atoms with van der Waals surface area (Å²) in [4.78, 5) is 51.3. The average Bonchev–Trinajstić information content (AvgIpc) is 2.95. The number of ether oxygens (including phenoxy) is 1. The number of carbonyl (C=O) groups is 4. The fraction of sp³-hybridized carbons (Fsp3) is 0.455. The van der Waals surface area contributed by atoms with Crippen molar-refractivity contribution in [2.24, 2.45) is 11.8 Å². The molecule has 1 aliphatic heterocycles. The number of amides is 3. The summed E-state index contributed by atoms with van der Waals surface area (Å²) in [5, 5.41) is 2.78. The van der Waals surface area contributed by atoms with Crippen molar-refractivity contribution in [1.82, 2.24) is 4.90 Å². The smallest absolute Gasteiger partial charge is 0.329 e. The van der Waals surface area contributed by atoms with E-state index in [1.54, 1.807) is 0 Å². The molecule has 2 aliphatic rings. The van der Waals surface area contributed by atoms with E-state index in [0.29, 0.717) is 18.5 Å². The number of imide groups is 1. The molecule has 0 radical (unpaired) electrons. The van der Waals surface area contributed by atoms with Crippen molar-refractivity contribution in [2.75, 3.05) is 5.32 Å². The number of nitrogens with zero attached hydrogens (tertiary/aromatic N) is 1. The predicted octanol–water partition coefficient (Wildman–Crippen LogP) is 2.51. The van der Waals surface area contributed by atoms with Crippen LogP contribution in [0.25, 0.3) is 0 Å². The Hall–Kier alpha value is -2.96. The molecule has 0 saturated carbocycles. The Morgan fingerprint density at radius 3 is 2.07 bits per heavy atom. The van der Waals surface area contributed by atoms with Gasteiger partial charge in [-0.3, -0.25) is 19.3 Å². The average molecular weight is 398 g/mol. The van der Waals surface area contributed by atoms with Gasteiger partial charge in [0.25, 0.3) is 5.91 Å². The molecule has 4 atom stereocenters. The maximum Gasteiger partial charge on any atom is 0.329 e. The lowest BCUT2D eigenvalue weighted by atomic mass is 9.85. The van der Waals surface area contributed by atoms with E-state index in [1.165, 1.54) is 13.8 Å². The molecule has 1 N–H and O–H groups in total. The molecular formula is C22H26N2O5. The van der Waals surface area contributed by atoms with Gasteiger partial charge in [-0.15, -0.1) is 0 Å². The monoisotopic (exact) mass is 398 g/mol. The van der Waals surface area contributed by atoms with Crippen LogP contribution in [0, 0.1) is 25.7 Å². The number of hydrogen-bond donors (Lipinski definition) is 1. The first-order valence-electron chi connectivity index (χ1n) is 9.81. The van der Waals surface area contributed by atoms with Gasteiger partial charge in [0.05, 0.1) is 11.8 Å². The lowest BCUT2D eigenvalue weighted by Gasteiger charge is -2.23. The van der Waals surface area contributed by atoms with Crippen LogP contribution in [0.5, 0.6) is 0 Å². The first-order chi connectivity index (χ1) is 13.7. The number of esters is 1. The first-order valence-corrected chi connectivity index (χ1v) is 9.81. The van der Waals surface area contributed by atoms with Crippen LogP contribution >= 0.6 is 0 Å². The summed E-state index contributed by atoms with van der Waals surface area (Å²) in [5.74, 6) is -2.76. The predicted molar refractivity (Wildman–Crippen MR) is 107 cm³/mol. The number of likely N-dealkylation sites (tertiary alicyclic amines) is 1. The van der Waals surface area contributed by atoms with Crippen LogP contribution in [0.2, 0.25) is 0 Å². The molecule has 7 heteroatoms. The summed E-state index contributed by atoms with van der Waals surface area (Å²) in [5.41, 5.74) is 2.47. The third-order valence-electron chi connectivity index (χ3n) is 5.66. The molecule has 1 aromatic carbocycles. The summed E-state index contributed by atoms with van der Waals surface area (Å²) in [6.45, 7) is 6.67. The van der Waals surface area contributed by atoms with Crippen LogP contribution in [0.3, 0.4) is 0 Å². The molecular weight excluding hydrogens is 372 g/mol. The number of allylic oxidation sites excluding steroid dienone is 2. The van der Waals surface area contributed by atoms with Crippen molar-refractivity contribution in [1.29, 1.82) is 0 Å². The first kappa shape index (κ1) is 20.8. The highest BCUT2D eigenvalue weighted by atomic mass is 16.5. The lowest BCUT2D eigenvalue weighted by Crippen LogP contribution is -2.46. The van der Waals surface area contributed by atoms with E-state index in [1.807, 2.05) is 44.2 Å². The van der Waals surface area contributed by atoms with Gasteiger partial charge in [-0.05, 0) is 51.7 Å². The third-order valence-corrected chi connectivity index (χ3v) is 5.66. The Morgan fingerprint density at radius 2 is 1.55 bits per heavy atom. The fourth-order valence-corrected chi connectivity index (χ4v) is 3.88. The lowest BCUT2D eigenvalue weighted by molar-refractivity contribution is -0.163. The number of anilines is 1. The van der Waals surface area contributed by atoms with Gasteiger partial charge < -0.3 is 10.1 Å². The van der Waals surface area contributed by atoms with Gasteiger partial charge in [-0.25, -0.2) is 4.79 Å². The zero-order chi connectivity index (χ0) is 21.3. The Labute approximate surface area is 170 Å². The molecule has 3 rings (SSSR count). The number of nitrogens with one attached hydrogen (secondary N) is 1. The molecule has 0 unspecified atom stereocenters. The molecule has 1 heterocycles. The number of fused-ring (bicyclic) bond motifs is 1. The highest BCUT2D eigenvalue weighted by Gasteiger charge is 2.50. The van der Waals surface area contributed by atoms with E-state index in [0.717, 1.165) is 16.0 Å². The molecule has 3 amide bonds. The zero-order valence-corrected chi connectivity index (χ0v) is 17.1. The topological polar surface area (TPSA) is 92.8 Å². The SMILES string of the molecule is Cc1cccc(C)c1NC(=O)[C@H](C)OC(=O)[C@H](C)N1C(=O)[C@H]2CC=CC[C@@H]2C1=O. The molecule has 154 valence electrons. The summed E-state index contributed by atoms with van der Waals surface area (Å²) >= 11 is 0. The van der Waals surface area contributed by atoms with Crippen LogP contribution in [-0.4, -0.2) is 40.7 Å². The standard InChI is InChI=1S/C22H26N2O5/c1-12-8-7-9-13(2)18(12)23-19(25)15(4)29-22(28)14(3)24-20(26)16-10-5-6-11-17(16)21(24)27/h5-9,14-17H,10-11H2,1-4H3,(H,23,25)/t14-,15-,16-,17-/m0/s1. The fourth-order valence-electron chi connectivity index (χ4n) is 3.88. The maximum absolute atomic E-state index is 12.6. The van der Waals surface area contributed by atoms with Gasteiger partial charge in [-0.2, -0.15) is 0 Å². The molecule has 1 aliphatic carbocycles. The van der Waals surface area contributed by atoms with Crippen molar-refractivity contribution >= 4 is 29.4 Å².